The number of rotatable bonds is 7. The van der Waals surface area contributed by atoms with Crippen molar-refractivity contribution in [2.45, 2.75) is 13.3 Å². The first-order chi connectivity index (χ1) is 13.5. The SMILES string of the molecule is COc1ccc(C)cc1Nc1ncc(C(=O)NCCc2ccc(F)cc2)cn1. The fourth-order valence-corrected chi connectivity index (χ4v) is 2.62. The van der Waals surface area contributed by atoms with E-state index in [0.29, 0.717) is 30.2 Å². The predicted molar refractivity (Wildman–Crippen MR) is 105 cm³/mol. The third-order valence-electron chi connectivity index (χ3n) is 4.13. The zero-order valence-electron chi connectivity index (χ0n) is 15.7. The lowest BCUT2D eigenvalue weighted by molar-refractivity contribution is 0.0953. The second kappa shape index (κ2) is 8.94. The van der Waals surface area contributed by atoms with Crippen LogP contribution in [0.15, 0.2) is 54.9 Å². The van der Waals surface area contributed by atoms with Gasteiger partial charge >= 0.3 is 0 Å². The van der Waals surface area contributed by atoms with Crippen LogP contribution in [-0.4, -0.2) is 29.5 Å². The van der Waals surface area contributed by atoms with Gasteiger partial charge in [0.25, 0.3) is 5.91 Å². The maximum atomic E-state index is 12.9. The Morgan fingerprint density at radius 3 is 2.50 bits per heavy atom. The van der Waals surface area contributed by atoms with Gasteiger partial charge in [-0.25, -0.2) is 14.4 Å². The molecule has 0 atom stereocenters. The Labute approximate surface area is 162 Å². The molecule has 3 aromatic rings. The molecule has 0 aliphatic heterocycles. The van der Waals surface area contributed by atoms with Gasteiger partial charge in [0.1, 0.15) is 11.6 Å². The number of ether oxygens (including phenoxy) is 1. The predicted octanol–water partition coefficient (Wildman–Crippen LogP) is 3.65. The van der Waals surface area contributed by atoms with Crippen LogP contribution < -0.4 is 15.4 Å². The number of methoxy groups -OCH3 is 1. The Morgan fingerprint density at radius 1 is 1.11 bits per heavy atom. The summed E-state index contributed by atoms with van der Waals surface area (Å²) < 4.78 is 18.2. The van der Waals surface area contributed by atoms with Crippen molar-refractivity contribution in [2.75, 3.05) is 19.0 Å². The van der Waals surface area contributed by atoms with Crippen LogP contribution in [-0.2, 0) is 6.42 Å². The lowest BCUT2D eigenvalue weighted by Gasteiger charge is -2.11. The number of hydrogen-bond donors (Lipinski definition) is 2. The molecule has 0 fully saturated rings. The molecule has 2 aromatic carbocycles. The quantitative estimate of drug-likeness (QED) is 0.654. The largest absolute Gasteiger partial charge is 0.495 e. The summed E-state index contributed by atoms with van der Waals surface area (Å²) in [5, 5.41) is 5.89. The molecule has 0 aliphatic rings. The summed E-state index contributed by atoms with van der Waals surface area (Å²) in [4.78, 5) is 20.6. The van der Waals surface area contributed by atoms with E-state index in [2.05, 4.69) is 20.6 Å². The van der Waals surface area contributed by atoms with Gasteiger partial charge in [0.05, 0.1) is 18.4 Å². The summed E-state index contributed by atoms with van der Waals surface area (Å²) in [5.41, 5.74) is 3.13. The molecule has 0 radical (unpaired) electrons. The summed E-state index contributed by atoms with van der Waals surface area (Å²) in [6, 6.07) is 11.9. The van der Waals surface area contributed by atoms with Crippen molar-refractivity contribution in [1.29, 1.82) is 0 Å². The highest BCUT2D eigenvalue weighted by atomic mass is 19.1. The van der Waals surface area contributed by atoms with Gasteiger partial charge in [-0.1, -0.05) is 18.2 Å². The number of hydrogen-bond acceptors (Lipinski definition) is 5. The van der Waals surface area contributed by atoms with Crippen LogP contribution in [0.2, 0.25) is 0 Å². The molecule has 6 nitrogen and oxygen atoms in total. The number of nitrogens with zero attached hydrogens (tertiary/aromatic N) is 2. The van der Waals surface area contributed by atoms with Crippen LogP contribution in [0.25, 0.3) is 0 Å². The Balaban J connectivity index is 1.57. The average molecular weight is 380 g/mol. The van der Waals surface area contributed by atoms with Crippen molar-refractivity contribution in [3.05, 3.63) is 77.4 Å². The van der Waals surface area contributed by atoms with E-state index in [1.807, 2.05) is 25.1 Å². The van der Waals surface area contributed by atoms with E-state index in [1.165, 1.54) is 24.5 Å². The minimum Gasteiger partial charge on any atom is -0.495 e. The Hall–Kier alpha value is -3.48. The van der Waals surface area contributed by atoms with Crippen LogP contribution in [0, 0.1) is 12.7 Å². The highest BCUT2D eigenvalue weighted by Gasteiger charge is 2.09. The second-order valence-corrected chi connectivity index (χ2v) is 6.26. The highest BCUT2D eigenvalue weighted by molar-refractivity contribution is 5.93. The first kappa shape index (κ1) is 19.3. The Kier molecular flexibility index (Phi) is 6.16. The van der Waals surface area contributed by atoms with Gasteiger partial charge in [0, 0.05) is 18.9 Å². The number of aryl methyl sites for hydroxylation is 1. The third kappa shape index (κ3) is 5.03. The Morgan fingerprint density at radius 2 is 1.82 bits per heavy atom. The monoisotopic (exact) mass is 380 g/mol. The van der Waals surface area contributed by atoms with Crippen molar-refractivity contribution < 1.29 is 13.9 Å². The van der Waals surface area contributed by atoms with Crippen LogP contribution in [0.3, 0.4) is 0 Å². The van der Waals surface area contributed by atoms with E-state index in [0.717, 1.165) is 16.8 Å². The molecule has 0 bridgehead atoms. The van der Waals surface area contributed by atoms with Gasteiger partial charge in [0.15, 0.2) is 0 Å². The lowest BCUT2D eigenvalue weighted by atomic mass is 10.1. The van der Waals surface area contributed by atoms with Crippen molar-refractivity contribution in [3.8, 4) is 5.75 Å². The molecule has 28 heavy (non-hydrogen) atoms. The van der Waals surface area contributed by atoms with E-state index in [9.17, 15) is 9.18 Å². The van der Waals surface area contributed by atoms with Crippen LogP contribution in [0.5, 0.6) is 5.75 Å². The number of nitrogens with one attached hydrogen (secondary N) is 2. The van der Waals surface area contributed by atoms with Crippen molar-refractivity contribution in [2.24, 2.45) is 0 Å². The maximum absolute atomic E-state index is 12.9. The number of amides is 1. The molecule has 1 aromatic heterocycles. The van der Waals surface area contributed by atoms with Crippen molar-refractivity contribution in [1.82, 2.24) is 15.3 Å². The van der Waals surface area contributed by atoms with E-state index >= 15 is 0 Å². The number of halogens is 1. The molecule has 3 rings (SSSR count). The summed E-state index contributed by atoms with van der Waals surface area (Å²) >= 11 is 0. The van der Waals surface area contributed by atoms with E-state index in [-0.39, 0.29) is 11.7 Å². The normalized spacial score (nSPS) is 10.4. The van der Waals surface area contributed by atoms with E-state index in [4.69, 9.17) is 4.74 Å². The molecular weight excluding hydrogens is 359 g/mol. The van der Waals surface area contributed by atoms with E-state index in [1.54, 1.807) is 19.2 Å². The lowest BCUT2D eigenvalue weighted by Crippen LogP contribution is -2.26. The van der Waals surface area contributed by atoms with Gasteiger partial charge in [-0.3, -0.25) is 4.79 Å². The van der Waals surface area contributed by atoms with Crippen molar-refractivity contribution in [3.63, 3.8) is 0 Å². The fraction of sp³-hybridized carbons (Fsp3) is 0.190. The van der Waals surface area contributed by atoms with E-state index < -0.39 is 0 Å². The fourth-order valence-electron chi connectivity index (χ4n) is 2.62. The standard InChI is InChI=1S/C21H21FN4O2/c1-14-3-8-19(28-2)18(11-14)26-21-24-12-16(13-25-21)20(27)23-10-9-15-4-6-17(22)7-5-15/h3-8,11-13H,9-10H2,1-2H3,(H,23,27)(H,24,25,26). The molecule has 0 spiro atoms. The minimum absolute atomic E-state index is 0.262. The third-order valence-corrected chi connectivity index (χ3v) is 4.13. The van der Waals surface area contributed by atoms with Gasteiger partial charge in [-0.15, -0.1) is 0 Å². The van der Waals surface area contributed by atoms with Gasteiger partial charge < -0.3 is 15.4 Å². The first-order valence-electron chi connectivity index (χ1n) is 8.81. The highest BCUT2D eigenvalue weighted by Crippen LogP contribution is 2.27. The summed E-state index contributed by atoms with van der Waals surface area (Å²) in [7, 11) is 1.59. The van der Waals surface area contributed by atoms with Crippen LogP contribution in [0.4, 0.5) is 16.0 Å². The van der Waals surface area contributed by atoms with Crippen molar-refractivity contribution >= 4 is 17.5 Å². The molecule has 0 saturated carbocycles. The Bertz CT molecular complexity index is 944. The molecule has 144 valence electrons. The molecule has 7 heteroatoms. The van der Waals surface area contributed by atoms with Gasteiger partial charge in [-0.05, 0) is 48.7 Å². The van der Waals surface area contributed by atoms with Crippen LogP contribution >= 0.6 is 0 Å². The maximum Gasteiger partial charge on any atom is 0.254 e. The average Bonchev–Trinajstić information content (AvgIpc) is 2.70. The smallest absolute Gasteiger partial charge is 0.254 e. The molecule has 0 aliphatic carbocycles. The number of carbonyl (C=O) groups is 1. The topological polar surface area (TPSA) is 76.1 Å². The molecule has 1 amide bonds. The van der Waals surface area contributed by atoms with Gasteiger partial charge in [0.2, 0.25) is 5.95 Å². The molecule has 0 unspecified atom stereocenters. The summed E-state index contributed by atoms with van der Waals surface area (Å²) in [6.45, 7) is 2.41. The molecule has 2 N–H and O–H groups in total. The minimum atomic E-state index is -0.276. The summed E-state index contributed by atoms with van der Waals surface area (Å²) in [6.07, 6.45) is 3.54. The number of anilines is 2. The molecule has 0 saturated heterocycles. The second-order valence-electron chi connectivity index (χ2n) is 6.26. The van der Waals surface area contributed by atoms with Crippen LogP contribution in [0.1, 0.15) is 21.5 Å². The summed E-state index contributed by atoms with van der Waals surface area (Å²) in [5.74, 6) is 0.507. The number of carbonyl (C=O) groups excluding carboxylic acids is 1. The zero-order valence-corrected chi connectivity index (χ0v) is 15.7. The molecule has 1 heterocycles. The molecular formula is C21H21FN4O2. The number of aromatic nitrogens is 2. The number of benzene rings is 2. The van der Waals surface area contributed by atoms with Gasteiger partial charge in [-0.2, -0.15) is 0 Å². The zero-order chi connectivity index (χ0) is 19.9. The first-order valence-corrected chi connectivity index (χ1v) is 8.81.